The number of fused-ring (bicyclic) bond motifs is 1. The van der Waals surface area contributed by atoms with Gasteiger partial charge >= 0.3 is 0 Å². The van der Waals surface area contributed by atoms with Crippen LogP contribution in [0, 0.1) is 0 Å². The Morgan fingerprint density at radius 3 is 3.07 bits per heavy atom. The van der Waals surface area contributed by atoms with Gasteiger partial charge in [0.2, 0.25) is 0 Å². The SMILES string of the molecule is CC(=O)C1CCc2cccc(Br)c2N1. The number of nitrogens with one attached hydrogen (secondary N) is 1. The smallest absolute Gasteiger partial charge is 0.151 e. The molecule has 1 aliphatic heterocycles. The molecule has 2 rings (SSSR count). The van der Waals surface area contributed by atoms with Crippen molar-refractivity contribution in [3.8, 4) is 0 Å². The molecule has 1 heterocycles. The van der Waals surface area contributed by atoms with Crippen LogP contribution in [-0.2, 0) is 11.2 Å². The van der Waals surface area contributed by atoms with Crippen molar-refractivity contribution in [2.75, 3.05) is 5.32 Å². The summed E-state index contributed by atoms with van der Waals surface area (Å²) >= 11 is 3.48. The molecular formula is C11H12BrNO. The van der Waals surface area contributed by atoms with Crippen molar-refractivity contribution in [2.45, 2.75) is 25.8 Å². The first-order valence-corrected chi connectivity index (χ1v) is 5.52. The van der Waals surface area contributed by atoms with Gasteiger partial charge in [0.25, 0.3) is 0 Å². The van der Waals surface area contributed by atoms with E-state index in [-0.39, 0.29) is 11.8 Å². The highest BCUT2D eigenvalue weighted by molar-refractivity contribution is 9.10. The summed E-state index contributed by atoms with van der Waals surface area (Å²) < 4.78 is 1.04. The molecule has 1 atom stereocenters. The van der Waals surface area contributed by atoms with Gasteiger partial charge in [-0.2, -0.15) is 0 Å². The lowest BCUT2D eigenvalue weighted by atomic mass is 9.96. The third kappa shape index (κ3) is 1.69. The molecule has 0 aromatic heterocycles. The number of ketones is 1. The van der Waals surface area contributed by atoms with Gasteiger partial charge in [0.15, 0.2) is 5.78 Å². The molecule has 0 radical (unpaired) electrons. The van der Waals surface area contributed by atoms with Crippen LogP contribution >= 0.6 is 15.9 Å². The van der Waals surface area contributed by atoms with E-state index in [2.05, 4.69) is 27.3 Å². The topological polar surface area (TPSA) is 29.1 Å². The van der Waals surface area contributed by atoms with Crippen LogP contribution in [0.4, 0.5) is 5.69 Å². The fourth-order valence-corrected chi connectivity index (χ4v) is 2.31. The average molecular weight is 254 g/mol. The van der Waals surface area contributed by atoms with E-state index in [1.54, 1.807) is 6.92 Å². The van der Waals surface area contributed by atoms with Crippen LogP contribution in [0.25, 0.3) is 0 Å². The predicted molar refractivity (Wildman–Crippen MR) is 60.6 cm³/mol. The summed E-state index contributed by atoms with van der Waals surface area (Å²) in [7, 11) is 0. The largest absolute Gasteiger partial charge is 0.374 e. The minimum absolute atomic E-state index is 0.0128. The van der Waals surface area contributed by atoms with Crippen LogP contribution in [0.3, 0.4) is 0 Å². The molecule has 0 saturated heterocycles. The van der Waals surface area contributed by atoms with Crippen molar-refractivity contribution in [3.05, 3.63) is 28.2 Å². The quantitative estimate of drug-likeness (QED) is 0.834. The van der Waals surface area contributed by atoms with Gasteiger partial charge in [-0.25, -0.2) is 0 Å². The Morgan fingerprint density at radius 2 is 2.36 bits per heavy atom. The highest BCUT2D eigenvalue weighted by Crippen LogP contribution is 2.32. The number of rotatable bonds is 1. The summed E-state index contributed by atoms with van der Waals surface area (Å²) in [6, 6.07) is 6.11. The standard InChI is InChI=1S/C11H12BrNO/c1-7(14)10-6-5-8-3-2-4-9(12)11(8)13-10/h2-4,10,13H,5-6H2,1H3. The molecule has 1 aliphatic rings. The molecule has 1 unspecified atom stereocenters. The van der Waals surface area contributed by atoms with E-state index in [0.29, 0.717) is 0 Å². The van der Waals surface area contributed by atoms with Crippen molar-refractivity contribution in [1.82, 2.24) is 0 Å². The molecule has 74 valence electrons. The Bertz CT molecular complexity index is 376. The molecule has 0 amide bonds. The molecule has 1 aromatic rings. The van der Waals surface area contributed by atoms with Gasteiger partial charge < -0.3 is 5.32 Å². The molecule has 14 heavy (non-hydrogen) atoms. The highest BCUT2D eigenvalue weighted by atomic mass is 79.9. The molecule has 3 heteroatoms. The number of halogens is 1. The summed E-state index contributed by atoms with van der Waals surface area (Å²) in [6.07, 6.45) is 1.88. The number of carbonyl (C=O) groups excluding carboxylic acids is 1. The van der Waals surface area contributed by atoms with Gasteiger partial charge in [0, 0.05) is 4.47 Å². The van der Waals surface area contributed by atoms with E-state index in [9.17, 15) is 4.79 Å². The van der Waals surface area contributed by atoms with Crippen molar-refractivity contribution >= 4 is 27.4 Å². The number of hydrogen-bond acceptors (Lipinski definition) is 2. The molecule has 1 N–H and O–H groups in total. The second-order valence-corrected chi connectivity index (χ2v) is 4.47. The van der Waals surface area contributed by atoms with Gasteiger partial charge in [0.05, 0.1) is 11.7 Å². The number of hydrogen-bond donors (Lipinski definition) is 1. The summed E-state index contributed by atoms with van der Waals surface area (Å²) in [5.74, 6) is 0.214. The first-order chi connectivity index (χ1) is 6.68. The van der Waals surface area contributed by atoms with E-state index in [0.717, 1.165) is 23.0 Å². The van der Waals surface area contributed by atoms with Gasteiger partial charge in [-0.15, -0.1) is 0 Å². The van der Waals surface area contributed by atoms with Gasteiger partial charge in [-0.1, -0.05) is 12.1 Å². The minimum atomic E-state index is -0.0128. The number of Topliss-reactive ketones (excluding diaryl/α,β-unsaturated/α-hetero) is 1. The second kappa shape index (κ2) is 3.73. The average Bonchev–Trinajstić information content (AvgIpc) is 2.18. The maximum absolute atomic E-state index is 11.2. The molecule has 2 nitrogen and oxygen atoms in total. The van der Waals surface area contributed by atoms with Crippen LogP contribution in [0.15, 0.2) is 22.7 Å². The van der Waals surface area contributed by atoms with E-state index < -0.39 is 0 Å². The monoisotopic (exact) mass is 253 g/mol. The molecule has 0 spiro atoms. The second-order valence-electron chi connectivity index (χ2n) is 3.62. The van der Waals surface area contributed by atoms with E-state index in [4.69, 9.17) is 0 Å². The fraction of sp³-hybridized carbons (Fsp3) is 0.364. The highest BCUT2D eigenvalue weighted by Gasteiger charge is 2.21. The minimum Gasteiger partial charge on any atom is -0.374 e. The van der Waals surface area contributed by atoms with Crippen LogP contribution in [0.1, 0.15) is 18.9 Å². The van der Waals surface area contributed by atoms with Crippen molar-refractivity contribution in [3.63, 3.8) is 0 Å². The zero-order valence-corrected chi connectivity index (χ0v) is 9.60. The van der Waals surface area contributed by atoms with Gasteiger partial charge in [0.1, 0.15) is 0 Å². The number of anilines is 1. The zero-order valence-electron chi connectivity index (χ0n) is 8.01. The number of para-hydroxylation sites is 1. The van der Waals surface area contributed by atoms with E-state index >= 15 is 0 Å². The van der Waals surface area contributed by atoms with Crippen LogP contribution in [-0.4, -0.2) is 11.8 Å². The Labute approximate surface area is 91.8 Å². The lowest BCUT2D eigenvalue weighted by Gasteiger charge is -2.26. The molecular weight excluding hydrogens is 242 g/mol. The maximum atomic E-state index is 11.2. The molecule has 0 bridgehead atoms. The maximum Gasteiger partial charge on any atom is 0.151 e. The van der Waals surface area contributed by atoms with Crippen molar-refractivity contribution < 1.29 is 4.79 Å². The number of benzene rings is 1. The summed E-state index contributed by atoms with van der Waals surface area (Å²) in [5.41, 5.74) is 2.37. The zero-order chi connectivity index (χ0) is 10.1. The fourth-order valence-electron chi connectivity index (χ4n) is 1.79. The number of aryl methyl sites for hydroxylation is 1. The molecule has 1 aromatic carbocycles. The Morgan fingerprint density at radius 1 is 1.57 bits per heavy atom. The number of carbonyl (C=O) groups is 1. The molecule has 0 fully saturated rings. The molecule has 0 aliphatic carbocycles. The lowest BCUT2D eigenvalue weighted by molar-refractivity contribution is -0.117. The third-order valence-electron chi connectivity index (χ3n) is 2.61. The van der Waals surface area contributed by atoms with E-state index in [1.165, 1.54) is 5.56 Å². The van der Waals surface area contributed by atoms with E-state index in [1.807, 2.05) is 12.1 Å². The van der Waals surface area contributed by atoms with Gasteiger partial charge in [-0.3, -0.25) is 4.79 Å². The van der Waals surface area contributed by atoms with Crippen LogP contribution < -0.4 is 5.32 Å². The van der Waals surface area contributed by atoms with Crippen LogP contribution in [0.5, 0.6) is 0 Å². The predicted octanol–water partition coefficient (Wildman–Crippen LogP) is 2.76. The first kappa shape index (κ1) is 9.71. The summed E-state index contributed by atoms with van der Waals surface area (Å²) in [4.78, 5) is 11.2. The van der Waals surface area contributed by atoms with Crippen molar-refractivity contribution in [1.29, 1.82) is 0 Å². The Balaban J connectivity index is 2.33. The Hall–Kier alpha value is -0.830. The third-order valence-corrected chi connectivity index (χ3v) is 3.27. The van der Waals surface area contributed by atoms with Crippen molar-refractivity contribution in [2.24, 2.45) is 0 Å². The Kier molecular flexibility index (Phi) is 2.59. The van der Waals surface area contributed by atoms with Gasteiger partial charge in [-0.05, 0) is 47.3 Å². The molecule has 0 saturated carbocycles. The summed E-state index contributed by atoms with van der Waals surface area (Å²) in [5, 5.41) is 3.27. The van der Waals surface area contributed by atoms with Crippen LogP contribution in [0.2, 0.25) is 0 Å². The normalized spacial score (nSPS) is 19.7. The summed E-state index contributed by atoms with van der Waals surface area (Å²) in [6.45, 7) is 1.64. The first-order valence-electron chi connectivity index (χ1n) is 4.73. The lowest BCUT2D eigenvalue weighted by Crippen LogP contribution is -2.31.